The molecule has 3 nitrogen and oxygen atoms in total. The van der Waals surface area contributed by atoms with Gasteiger partial charge >= 0.3 is 0 Å². The first-order valence-electron chi connectivity index (χ1n) is 7.37. The van der Waals surface area contributed by atoms with E-state index in [2.05, 4.69) is 5.32 Å². The summed E-state index contributed by atoms with van der Waals surface area (Å²) in [4.78, 5) is 13.2. The summed E-state index contributed by atoms with van der Waals surface area (Å²) in [6, 6.07) is 10.9. The maximum Gasteiger partial charge on any atom is 0.227 e. The summed E-state index contributed by atoms with van der Waals surface area (Å²) in [7, 11) is 6.97. The molecule has 0 radical (unpaired) electrons. The van der Waals surface area contributed by atoms with Crippen LogP contribution in [-0.4, -0.2) is 12.5 Å². The molecule has 0 aromatic heterocycles. The average Bonchev–Trinajstić information content (AvgIpc) is 2.56. The maximum atomic E-state index is 12.2. The third-order valence-electron chi connectivity index (χ3n) is 3.88. The molecule has 7 heteroatoms. The van der Waals surface area contributed by atoms with E-state index in [9.17, 15) is 4.79 Å². The van der Waals surface area contributed by atoms with Crippen LogP contribution >= 0.6 is 44.9 Å². The Morgan fingerprint density at radius 2 is 2.04 bits per heavy atom. The molecule has 0 saturated carbocycles. The number of halogens is 3. The second-order valence-electron chi connectivity index (χ2n) is 5.50. The number of benzene rings is 2. The number of carbonyl (C=O) groups is 1. The van der Waals surface area contributed by atoms with E-state index in [0.29, 0.717) is 35.2 Å². The molecule has 0 bridgehead atoms. The Labute approximate surface area is 159 Å². The number of hydrogen-bond donors (Lipinski definition) is 1. The van der Waals surface area contributed by atoms with Crippen molar-refractivity contribution in [3.8, 4) is 5.75 Å². The van der Waals surface area contributed by atoms with Crippen LogP contribution in [0.2, 0.25) is 10.0 Å². The van der Waals surface area contributed by atoms with Crippen LogP contribution in [0.3, 0.4) is 0 Å². The molecule has 0 spiro atoms. The van der Waals surface area contributed by atoms with Gasteiger partial charge in [-0.15, -0.1) is 0 Å². The minimum atomic E-state index is -0.140. The van der Waals surface area contributed by atoms with E-state index >= 15 is 0 Å². The molecule has 1 amide bonds. The Balaban J connectivity index is 1.62. The van der Waals surface area contributed by atoms with Gasteiger partial charge < -0.3 is 10.1 Å². The van der Waals surface area contributed by atoms with Crippen LogP contribution < -0.4 is 10.1 Å². The lowest BCUT2D eigenvalue weighted by Gasteiger charge is -2.25. The van der Waals surface area contributed by atoms with E-state index in [1.54, 1.807) is 18.2 Å². The van der Waals surface area contributed by atoms with Gasteiger partial charge in [-0.2, -0.15) is 0 Å². The molecule has 1 unspecified atom stereocenters. The third kappa shape index (κ3) is 4.12. The Kier molecular flexibility index (Phi) is 5.82. The minimum Gasteiger partial charge on any atom is -0.492 e. The maximum absolute atomic E-state index is 12.2. The SMILES string of the molecule is O=C1Nc2ccc(SCl)cc2CC1CCOc1ccc(Cl)cc1Cl. The van der Waals surface area contributed by atoms with Crippen LogP contribution in [0.1, 0.15) is 12.0 Å². The van der Waals surface area contributed by atoms with Gasteiger partial charge in [0.25, 0.3) is 0 Å². The van der Waals surface area contributed by atoms with E-state index in [0.717, 1.165) is 16.1 Å². The number of amides is 1. The fraction of sp³-hybridized carbons (Fsp3) is 0.235. The molecule has 126 valence electrons. The molecule has 0 fully saturated rings. The zero-order valence-corrected chi connectivity index (χ0v) is 15.6. The van der Waals surface area contributed by atoms with Crippen molar-refractivity contribution in [3.63, 3.8) is 0 Å². The average molecular weight is 403 g/mol. The van der Waals surface area contributed by atoms with Crippen LogP contribution in [0.4, 0.5) is 5.69 Å². The largest absolute Gasteiger partial charge is 0.492 e. The molecule has 1 aliphatic rings. The van der Waals surface area contributed by atoms with Crippen LogP contribution in [-0.2, 0) is 11.2 Å². The van der Waals surface area contributed by atoms with Crippen LogP contribution in [0.25, 0.3) is 0 Å². The summed E-state index contributed by atoms with van der Waals surface area (Å²) >= 11 is 11.9. The van der Waals surface area contributed by atoms with Gasteiger partial charge in [0.15, 0.2) is 0 Å². The van der Waals surface area contributed by atoms with Crippen molar-refractivity contribution in [2.45, 2.75) is 17.7 Å². The highest BCUT2D eigenvalue weighted by atomic mass is 35.7. The van der Waals surface area contributed by atoms with Gasteiger partial charge in [0, 0.05) is 21.5 Å². The van der Waals surface area contributed by atoms with Crippen molar-refractivity contribution >= 4 is 56.5 Å². The highest BCUT2D eigenvalue weighted by Gasteiger charge is 2.26. The number of nitrogens with one attached hydrogen (secondary N) is 1. The van der Waals surface area contributed by atoms with E-state index in [-0.39, 0.29) is 11.8 Å². The van der Waals surface area contributed by atoms with E-state index in [4.69, 9.17) is 38.6 Å². The van der Waals surface area contributed by atoms with Gasteiger partial charge in [-0.05, 0) is 76.5 Å². The monoisotopic (exact) mass is 401 g/mol. The number of hydrogen-bond acceptors (Lipinski definition) is 3. The van der Waals surface area contributed by atoms with Crippen LogP contribution in [0.15, 0.2) is 41.3 Å². The zero-order valence-electron chi connectivity index (χ0n) is 12.5. The first-order valence-corrected chi connectivity index (χ1v) is 9.77. The fourth-order valence-electron chi connectivity index (χ4n) is 2.64. The Hall–Kier alpha value is -1.07. The van der Waals surface area contributed by atoms with Gasteiger partial charge in [-0.25, -0.2) is 0 Å². The second kappa shape index (κ2) is 7.87. The van der Waals surface area contributed by atoms with Crippen molar-refractivity contribution in [2.75, 3.05) is 11.9 Å². The van der Waals surface area contributed by atoms with Crippen LogP contribution in [0.5, 0.6) is 5.75 Å². The summed E-state index contributed by atoms with van der Waals surface area (Å²) < 4.78 is 5.68. The molecular weight excluding hydrogens is 389 g/mol. The topological polar surface area (TPSA) is 38.3 Å². The predicted octanol–water partition coefficient (Wildman–Crippen LogP) is 5.82. The lowest BCUT2D eigenvalue weighted by Crippen LogP contribution is -2.31. The number of carbonyl (C=O) groups excluding carboxylic acids is 1. The Morgan fingerprint density at radius 3 is 2.79 bits per heavy atom. The van der Waals surface area contributed by atoms with Gasteiger partial charge in [-0.1, -0.05) is 23.2 Å². The number of fused-ring (bicyclic) bond motifs is 1. The molecule has 2 aromatic carbocycles. The normalized spacial score (nSPS) is 16.5. The Morgan fingerprint density at radius 1 is 1.21 bits per heavy atom. The van der Waals surface area contributed by atoms with Gasteiger partial charge in [0.2, 0.25) is 5.91 Å². The molecule has 3 rings (SSSR count). The molecule has 2 aromatic rings. The first kappa shape index (κ1) is 17.7. The van der Waals surface area contributed by atoms with Crippen molar-refractivity contribution in [2.24, 2.45) is 5.92 Å². The van der Waals surface area contributed by atoms with Crippen LogP contribution in [0, 0.1) is 5.92 Å². The molecular formula is C17H14Cl3NO2S. The molecule has 1 aliphatic heterocycles. The molecule has 1 N–H and O–H groups in total. The summed E-state index contributed by atoms with van der Waals surface area (Å²) in [5.74, 6) is 0.442. The van der Waals surface area contributed by atoms with Crippen molar-refractivity contribution in [3.05, 3.63) is 52.0 Å². The highest BCUT2D eigenvalue weighted by Crippen LogP contribution is 2.33. The first-order chi connectivity index (χ1) is 11.6. The fourth-order valence-corrected chi connectivity index (χ4v) is 3.70. The molecule has 24 heavy (non-hydrogen) atoms. The number of ether oxygens (including phenoxy) is 1. The molecule has 1 heterocycles. The smallest absolute Gasteiger partial charge is 0.227 e. The van der Waals surface area contributed by atoms with Crippen molar-refractivity contribution in [1.82, 2.24) is 0 Å². The van der Waals surface area contributed by atoms with Gasteiger partial charge in [-0.3, -0.25) is 4.79 Å². The van der Waals surface area contributed by atoms with E-state index in [1.165, 1.54) is 11.0 Å². The molecule has 1 atom stereocenters. The molecule has 0 aliphatic carbocycles. The number of anilines is 1. The lowest BCUT2D eigenvalue weighted by atomic mass is 9.91. The summed E-state index contributed by atoms with van der Waals surface area (Å²) in [5.41, 5.74) is 1.95. The summed E-state index contributed by atoms with van der Waals surface area (Å²) in [6.45, 7) is 0.402. The Bertz CT molecular complexity index is 769. The highest BCUT2D eigenvalue weighted by molar-refractivity contribution is 8.21. The van der Waals surface area contributed by atoms with Gasteiger partial charge in [0.1, 0.15) is 5.75 Å². The quantitative estimate of drug-likeness (QED) is 0.685. The molecule has 0 saturated heterocycles. The zero-order chi connectivity index (χ0) is 17.1. The van der Waals surface area contributed by atoms with Crippen molar-refractivity contribution < 1.29 is 9.53 Å². The second-order valence-corrected chi connectivity index (χ2v) is 7.43. The minimum absolute atomic E-state index is 0.0135. The van der Waals surface area contributed by atoms with E-state index in [1.807, 2.05) is 18.2 Å². The standard InChI is InChI=1S/C17H14Cl3NO2S/c18-12-1-4-16(14(19)9-12)23-6-5-10-7-11-8-13(24-20)2-3-15(11)21-17(10)22/h1-4,8-10H,5-7H2,(H,21,22). The van der Waals surface area contributed by atoms with Gasteiger partial charge in [0.05, 0.1) is 11.6 Å². The number of rotatable bonds is 5. The lowest BCUT2D eigenvalue weighted by molar-refractivity contribution is -0.120. The third-order valence-corrected chi connectivity index (χ3v) is 5.38. The van der Waals surface area contributed by atoms with Crippen molar-refractivity contribution in [1.29, 1.82) is 0 Å². The summed E-state index contributed by atoms with van der Waals surface area (Å²) in [6.07, 6.45) is 1.27. The predicted molar refractivity (Wildman–Crippen MR) is 101 cm³/mol. The van der Waals surface area contributed by atoms with E-state index < -0.39 is 0 Å². The summed E-state index contributed by atoms with van der Waals surface area (Å²) in [5, 5.41) is 3.96.